The quantitative estimate of drug-likeness (QED) is 0.898. The third-order valence-corrected chi connectivity index (χ3v) is 5.76. The largest absolute Gasteiger partial charge is 0.490 e. The van der Waals surface area contributed by atoms with Gasteiger partial charge in [0.15, 0.2) is 0 Å². The van der Waals surface area contributed by atoms with Gasteiger partial charge in [0.05, 0.1) is 12.1 Å². The van der Waals surface area contributed by atoms with Crippen LogP contribution in [0.5, 0.6) is 5.75 Å². The molecule has 0 unspecified atom stereocenters. The van der Waals surface area contributed by atoms with E-state index in [0.29, 0.717) is 0 Å². The first-order valence-corrected chi connectivity index (χ1v) is 9.81. The molecular formula is C21H28N4O2. The summed E-state index contributed by atoms with van der Waals surface area (Å²) in [5.74, 6) is 1.40. The number of benzene rings is 1. The van der Waals surface area contributed by atoms with Crippen molar-refractivity contribution in [2.75, 3.05) is 26.2 Å². The van der Waals surface area contributed by atoms with Gasteiger partial charge in [0, 0.05) is 58.2 Å². The van der Waals surface area contributed by atoms with Crippen molar-refractivity contribution < 1.29 is 9.53 Å². The lowest BCUT2D eigenvalue weighted by atomic mass is 9.89. The molecule has 27 heavy (non-hydrogen) atoms. The molecule has 3 heterocycles. The van der Waals surface area contributed by atoms with Crippen molar-refractivity contribution in [2.45, 2.75) is 31.8 Å². The van der Waals surface area contributed by atoms with Gasteiger partial charge in [0.1, 0.15) is 11.9 Å². The van der Waals surface area contributed by atoms with Crippen molar-refractivity contribution in [2.24, 2.45) is 13.0 Å². The number of aryl methyl sites for hydroxylation is 2. The zero-order valence-corrected chi connectivity index (χ0v) is 16.1. The molecule has 0 radical (unpaired) electrons. The smallest absolute Gasteiger partial charge is 0.227 e. The number of hydrogen-bond donors (Lipinski definition) is 1. The second kappa shape index (κ2) is 7.72. The number of piperidine rings is 1. The van der Waals surface area contributed by atoms with E-state index in [1.165, 1.54) is 5.56 Å². The SMILES string of the molecule is Cc1ccc(OC2CCN(C(=O)[C@H]3CNC[C@@H]3c3cnn(C)c3)CC2)cc1. The highest BCUT2D eigenvalue weighted by Gasteiger charge is 2.38. The number of nitrogens with zero attached hydrogens (tertiary/aromatic N) is 3. The minimum atomic E-state index is 0.00349. The standard InChI is InChI=1S/C21H28N4O2/c1-15-3-5-17(6-4-15)27-18-7-9-25(10-8-18)21(26)20-13-22-12-19(20)16-11-23-24(2)14-16/h3-6,11,14,18-20,22H,7-10,12-13H2,1-2H3/t19-,20+/m1/s1. The van der Waals surface area contributed by atoms with Gasteiger partial charge in [-0.1, -0.05) is 17.7 Å². The van der Waals surface area contributed by atoms with Gasteiger partial charge >= 0.3 is 0 Å². The Kier molecular flexibility index (Phi) is 5.16. The van der Waals surface area contributed by atoms with E-state index >= 15 is 0 Å². The van der Waals surface area contributed by atoms with Gasteiger partial charge in [0.2, 0.25) is 5.91 Å². The first kappa shape index (κ1) is 18.0. The summed E-state index contributed by atoms with van der Waals surface area (Å²) in [6.45, 7) is 5.20. The molecule has 2 aromatic rings. The van der Waals surface area contributed by atoms with Crippen LogP contribution < -0.4 is 10.1 Å². The summed E-state index contributed by atoms with van der Waals surface area (Å²) >= 11 is 0. The Hall–Kier alpha value is -2.34. The van der Waals surface area contributed by atoms with Gasteiger partial charge in [-0.05, 0) is 24.6 Å². The Bertz CT molecular complexity index is 778. The number of nitrogens with one attached hydrogen (secondary N) is 1. The van der Waals surface area contributed by atoms with E-state index in [2.05, 4.69) is 29.5 Å². The first-order valence-electron chi connectivity index (χ1n) is 9.81. The lowest BCUT2D eigenvalue weighted by Gasteiger charge is -2.34. The van der Waals surface area contributed by atoms with E-state index in [1.54, 1.807) is 0 Å². The first-order chi connectivity index (χ1) is 13.1. The van der Waals surface area contributed by atoms with Crippen molar-refractivity contribution in [1.82, 2.24) is 20.0 Å². The minimum Gasteiger partial charge on any atom is -0.490 e. The highest BCUT2D eigenvalue weighted by atomic mass is 16.5. The van der Waals surface area contributed by atoms with Crippen LogP contribution in [-0.2, 0) is 11.8 Å². The van der Waals surface area contributed by atoms with Gasteiger partial charge in [0.25, 0.3) is 0 Å². The number of hydrogen-bond acceptors (Lipinski definition) is 4. The molecular weight excluding hydrogens is 340 g/mol. The summed E-state index contributed by atoms with van der Waals surface area (Å²) in [5.41, 5.74) is 2.38. The number of amides is 1. The van der Waals surface area contributed by atoms with Crippen molar-refractivity contribution in [1.29, 1.82) is 0 Å². The number of ether oxygens (including phenoxy) is 1. The molecule has 2 fully saturated rings. The molecule has 2 aliphatic rings. The Labute approximate surface area is 160 Å². The zero-order valence-electron chi connectivity index (χ0n) is 16.1. The maximum absolute atomic E-state index is 13.1. The van der Waals surface area contributed by atoms with Crippen LogP contribution in [0.15, 0.2) is 36.7 Å². The van der Waals surface area contributed by atoms with Crippen LogP contribution in [-0.4, -0.2) is 52.9 Å². The Morgan fingerprint density at radius 1 is 1.19 bits per heavy atom. The topological polar surface area (TPSA) is 59.4 Å². The van der Waals surface area contributed by atoms with Gasteiger partial charge < -0.3 is 15.0 Å². The molecule has 0 saturated carbocycles. The second-order valence-corrected chi connectivity index (χ2v) is 7.77. The third kappa shape index (κ3) is 4.00. The summed E-state index contributed by atoms with van der Waals surface area (Å²) in [4.78, 5) is 15.1. The number of rotatable bonds is 4. The molecule has 1 amide bonds. The average molecular weight is 368 g/mol. The van der Waals surface area contributed by atoms with Crippen LogP contribution in [0.1, 0.15) is 29.9 Å². The molecule has 1 aromatic heterocycles. The fourth-order valence-corrected chi connectivity index (χ4v) is 4.16. The van der Waals surface area contributed by atoms with Crippen LogP contribution >= 0.6 is 0 Å². The van der Waals surface area contributed by atoms with E-state index in [9.17, 15) is 4.79 Å². The molecule has 2 atom stereocenters. The maximum atomic E-state index is 13.1. The van der Waals surface area contributed by atoms with E-state index < -0.39 is 0 Å². The predicted octanol–water partition coefficient (Wildman–Crippen LogP) is 2.10. The van der Waals surface area contributed by atoms with Crippen LogP contribution in [0.25, 0.3) is 0 Å². The van der Waals surface area contributed by atoms with Crippen LogP contribution in [0.4, 0.5) is 0 Å². The van der Waals surface area contributed by atoms with E-state index in [-0.39, 0.29) is 23.8 Å². The molecule has 0 aliphatic carbocycles. The van der Waals surface area contributed by atoms with Gasteiger partial charge in [-0.2, -0.15) is 5.10 Å². The number of carbonyl (C=O) groups excluding carboxylic acids is 1. The molecule has 0 spiro atoms. The summed E-state index contributed by atoms with van der Waals surface area (Å²) in [5, 5.41) is 7.66. The summed E-state index contributed by atoms with van der Waals surface area (Å²) in [6.07, 6.45) is 5.88. The average Bonchev–Trinajstić information content (AvgIpc) is 3.32. The van der Waals surface area contributed by atoms with Gasteiger partial charge in [-0.3, -0.25) is 9.48 Å². The summed E-state index contributed by atoms with van der Waals surface area (Å²) in [7, 11) is 1.92. The van der Waals surface area contributed by atoms with Crippen molar-refractivity contribution in [3.8, 4) is 5.75 Å². The van der Waals surface area contributed by atoms with Crippen molar-refractivity contribution >= 4 is 5.91 Å². The van der Waals surface area contributed by atoms with E-state index in [0.717, 1.165) is 50.3 Å². The molecule has 0 bridgehead atoms. The molecule has 6 nitrogen and oxygen atoms in total. The highest BCUT2D eigenvalue weighted by molar-refractivity contribution is 5.80. The monoisotopic (exact) mass is 368 g/mol. The number of carbonyl (C=O) groups is 1. The molecule has 1 aromatic carbocycles. The van der Waals surface area contributed by atoms with Gasteiger partial charge in [-0.25, -0.2) is 0 Å². The molecule has 2 aliphatic heterocycles. The fraction of sp³-hybridized carbons (Fsp3) is 0.524. The molecule has 144 valence electrons. The molecule has 6 heteroatoms. The lowest BCUT2D eigenvalue weighted by Crippen LogP contribution is -2.45. The zero-order chi connectivity index (χ0) is 18.8. The molecule has 2 saturated heterocycles. The second-order valence-electron chi connectivity index (χ2n) is 7.77. The minimum absolute atomic E-state index is 0.00349. The van der Waals surface area contributed by atoms with Crippen molar-refractivity contribution in [3.05, 3.63) is 47.8 Å². The fourth-order valence-electron chi connectivity index (χ4n) is 4.16. The number of likely N-dealkylation sites (tertiary alicyclic amines) is 1. The summed E-state index contributed by atoms with van der Waals surface area (Å²) < 4.78 is 7.90. The highest BCUT2D eigenvalue weighted by Crippen LogP contribution is 2.30. The Balaban J connectivity index is 1.33. The molecule has 4 rings (SSSR count). The maximum Gasteiger partial charge on any atom is 0.227 e. The van der Waals surface area contributed by atoms with E-state index in [4.69, 9.17) is 4.74 Å². The van der Waals surface area contributed by atoms with Gasteiger partial charge in [-0.15, -0.1) is 0 Å². The van der Waals surface area contributed by atoms with Crippen molar-refractivity contribution in [3.63, 3.8) is 0 Å². The van der Waals surface area contributed by atoms with Crippen LogP contribution in [0, 0.1) is 12.8 Å². The van der Waals surface area contributed by atoms with Crippen LogP contribution in [0.2, 0.25) is 0 Å². The lowest BCUT2D eigenvalue weighted by molar-refractivity contribution is -0.137. The number of aromatic nitrogens is 2. The Morgan fingerprint density at radius 2 is 1.93 bits per heavy atom. The summed E-state index contributed by atoms with van der Waals surface area (Å²) in [6, 6.07) is 8.18. The molecule has 1 N–H and O–H groups in total. The van der Waals surface area contributed by atoms with E-state index in [1.807, 2.05) is 41.2 Å². The third-order valence-electron chi connectivity index (χ3n) is 5.76. The normalized spacial score (nSPS) is 23.6. The Morgan fingerprint density at radius 3 is 2.59 bits per heavy atom. The van der Waals surface area contributed by atoms with Crippen LogP contribution in [0.3, 0.4) is 0 Å². The predicted molar refractivity (Wildman–Crippen MR) is 104 cm³/mol.